The van der Waals surface area contributed by atoms with Crippen LogP contribution in [0.4, 0.5) is 10.1 Å². The van der Waals surface area contributed by atoms with E-state index in [1.807, 2.05) is 0 Å². The number of ketones is 1. The highest BCUT2D eigenvalue weighted by molar-refractivity contribution is 5.95. The lowest BCUT2D eigenvalue weighted by molar-refractivity contribution is -0.155. The van der Waals surface area contributed by atoms with Crippen molar-refractivity contribution in [2.45, 2.75) is 20.0 Å². The van der Waals surface area contributed by atoms with Gasteiger partial charge in [-0.2, -0.15) is 0 Å². The summed E-state index contributed by atoms with van der Waals surface area (Å²) in [6.45, 7) is 2.40. The molecule has 0 saturated carbocycles. The molecular weight excluding hydrogens is 341 g/mol. The number of nitrogens with one attached hydrogen (secondary N) is 1. The molecule has 0 spiro atoms. The van der Waals surface area contributed by atoms with Crippen LogP contribution in [0.1, 0.15) is 24.2 Å². The zero-order valence-corrected chi connectivity index (χ0v) is 14.3. The summed E-state index contributed by atoms with van der Waals surface area (Å²) in [7, 11) is 0. The molecule has 6 nitrogen and oxygen atoms in total. The largest absolute Gasteiger partial charge is 0.482 e. The Balaban J connectivity index is 1.84. The van der Waals surface area contributed by atoms with Gasteiger partial charge in [0.05, 0.1) is 0 Å². The van der Waals surface area contributed by atoms with E-state index in [1.54, 1.807) is 18.2 Å². The van der Waals surface area contributed by atoms with Gasteiger partial charge < -0.3 is 14.8 Å². The number of hydrogen-bond donors (Lipinski definition) is 1. The Morgan fingerprint density at radius 1 is 1.12 bits per heavy atom. The van der Waals surface area contributed by atoms with Crippen LogP contribution in [0.2, 0.25) is 0 Å². The highest BCUT2D eigenvalue weighted by atomic mass is 19.1. The molecule has 0 aliphatic rings. The predicted molar refractivity (Wildman–Crippen MR) is 92.5 cm³/mol. The number of esters is 1. The molecule has 2 aromatic rings. The first-order valence-corrected chi connectivity index (χ1v) is 7.85. The van der Waals surface area contributed by atoms with E-state index in [9.17, 15) is 18.8 Å². The molecular formula is C19H18FNO5. The van der Waals surface area contributed by atoms with Gasteiger partial charge in [0.15, 0.2) is 18.5 Å². The Kier molecular flexibility index (Phi) is 6.43. The average Bonchev–Trinajstić information content (AvgIpc) is 2.60. The molecule has 0 saturated heterocycles. The Bertz CT molecular complexity index is 821. The normalized spacial score (nSPS) is 11.3. The first-order chi connectivity index (χ1) is 12.3. The number of benzene rings is 2. The van der Waals surface area contributed by atoms with Crippen molar-refractivity contribution in [2.24, 2.45) is 0 Å². The number of anilines is 1. The standard InChI is InChI=1S/C19H18FNO5/c1-12(22)14-5-3-8-17(9-14)25-11-18(23)26-13(2)19(24)21-16-7-4-6-15(20)10-16/h3-10,13H,11H2,1-2H3,(H,21,24)/t13-/m1/s1. The van der Waals surface area contributed by atoms with Crippen molar-refractivity contribution in [3.05, 3.63) is 59.9 Å². The van der Waals surface area contributed by atoms with Crippen molar-refractivity contribution in [1.82, 2.24) is 0 Å². The van der Waals surface area contributed by atoms with E-state index in [1.165, 1.54) is 38.1 Å². The van der Waals surface area contributed by atoms with E-state index in [2.05, 4.69) is 5.32 Å². The van der Waals surface area contributed by atoms with Crippen LogP contribution in [0.3, 0.4) is 0 Å². The van der Waals surface area contributed by atoms with Gasteiger partial charge in [-0.25, -0.2) is 9.18 Å². The monoisotopic (exact) mass is 359 g/mol. The first-order valence-electron chi connectivity index (χ1n) is 7.85. The lowest BCUT2D eigenvalue weighted by Crippen LogP contribution is -2.31. The fraction of sp³-hybridized carbons (Fsp3) is 0.211. The summed E-state index contributed by atoms with van der Waals surface area (Å²) in [5, 5.41) is 2.45. The third kappa shape index (κ3) is 5.70. The maximum atomic E-state index is 13.1. The van der Waals surface area contributed by atoms with Crippen molar-refractivity contribution in [1.29, 1.82) is 0 Å². The Morgan fingerprint density at radius 3 is 2.54 bits per heavy atom. The van der Waals surface area contributed by atoms with Gasteiger partial charge in [-0.05, 0) is 44.2 Å². The van der Waals surface area contributed by atoms with E-state index in [0.29, 0.717) is 11.3 Å². The maximum Gasteiger partial charge on any atom is 0.344 e. The molecule has 0 unspecified atom stereocenters. The minimum Gasteiger partial charge on any atom is -0.482 e. The molecule has 7 heteroatoms. The fourth-order valence-electron chi connectivity index (χ4n) is 2.04. The summed E-state index contributed by atoms with van der Waals surface area (Å²) < 4.78 is 23.3. The summed E-state index contributed by atoms with van der Waals surface area (Å²) in [5.74, 6) is -1.62. The van der Waals surface area contributed by atoms with Gasteiger partial charge in [-0.1, -0.05) is 18.2 Å². The molecule has 0 aromatic heterocycles. The molecule has 0 aliphatic heterocycles. The van der Waals surface area contributed by atoms with Crippen LogP contribution >= 0.6 is 0 Å². The second-order valence-corrected chi connectivity index (χ2v) is 5.50. The second-order valence-electron chi connectivity index (χ2n) is 5.50. The molecule has 0 bridgehead atoms. The van der Waals surface area contributed by atoms with Crippen LogP contribution in [0.25, 0.3) is 0 Å². The van der Waals surface area contributed by atoms with E-state index in [4.69, 9.17) is 9.47 Å². The molecule has 0 fully saturated rings. The van der Waals surface area contributed by atoms with Crippen LogP contribution in [0, 0.1) is 5.82 Å². The zero-order valence-electron chi connectivity index (χ0n) is 14.3. The lowest BCUT2D eigenvalue weighted by Gasteiger charge is -2.14. The van der Waals surface area contributed by atoms with Gasteiger partial charge in [-0.15, -0.1) is 0 Å². The van der Waals surface area contributed by atoms with Crippen LogP contribution in [0.15, 0.2) is 48.5 Å². The van der Waals surface area contributed by atoms with Crippen LogP contribution < -0.4 is 10.1 Å². The second kappa shape index (κ2) is 8.75. The number of rotatable bonds is 7. The number of ether oxygens (including phenoxy) is 2. The molecule has 0 aliphatic carbocycles. The van der Waals surface area contributed by atoms with E-state index < -0.39 is 30.4 Å². The molecule has 2 rings (SSSR count). The molecule has 1 N–H and O–H groups in total. The summed E-state index contributed by atoms with van der Waals surface area (Å²) >= 11 is 0. The summed E-state index contributed by atoms with van der Waals surface area (Å²) in [5.41, 5.74) is 0.717. The van der Waals surface area contributed by atoms with Crippen molar-refractivity contribution in [3.8, 4) is 5.75 Å². The minimum absolute atomic E-state index is 0.124. The summed E-state index contributed by atoms with van der Waals surface area (Å²) in [6, 6.07) is 11.7. The topological polar surface area (TPSA) is 81.7 Å². The molecule has 1 atom stereocenters. The third-order valence-electron chi connectivity index (χ3n) is 3.37. The van der Waals surface area contributed by atoms with Gasteiger partial charge in [0.1, 0.15) is 11.6 Å². The van der Waals surface area contributed by atoms with Crippen LogP contribution in [-0.4, -0.2) is 30.4 Å². The molecule has 0 heterocycles. The highest BCUT2D eigenvalue weighted by Gasteiger charge is 2.18. The SMILES string of the molecule is CC(=O)c1cccc(OCC(=O)O[C@H](C)C(=O)Nc2cccc(F)c2)c1. The number of carbonyl (C=O) groups excluding carboxylic acids is 3. The first kappa shape index (κ1) is 19.1. The van der Waals surface area contributed by atoms with E-state index in [0.717, 1.165) is 6.07 Å². The highest BCUT2D eigenvalue weighted by Crippen LogP contribution is 2.14. The third-order valence-corrected chi connectivity index (χ3v) is 3.37. The molecule has 26 heavy (non-hydrogen) atoms. The Hall–Kier alpha value is -3.22. The van der Waals surface area contributed by atoms with Gasteiger partial charge in [0, 0.05) is 11.3 Å². The Morgan fingerprint density at radius 2 is 1.85 bits per heavy atom. The average molecular weight is 359 g/mol. The summed E-state index contributed by atoms with van der Waals surface area (Å²) in [6.07, 6.45) is -1.09. The van der Waals surface area contributed by atoms with Gasteiger partial charge >= 0.3 is 5.97 Å². The minimum atomic E-state index is -1.09. The Labute approximate surface area is 149 Å². The van der Waals surface area contributed by atoms with Crippen molar-refractivity contribution in [3.63, 3.8) is 0 Å². The number of Topliss-reactive ketones (excluding diaryl/α,β-unsaturated/α-hetero) is 1. The molecule has 0 radical (unpaired) electrons. The van der Waals surface area contributed by atoms with Crippen molar-refractivity contribution in [2.75, 3.05) is 11.9 Å². The quantitative estimate of drug-likeness (QED) is 0.607. The number of hydrogen-bond acceptors (Lipinski definition) is 5. The van der Waals surface area contributed by atoms with Gasteiger partial charge in [0.2, 0.25) is 0 Å². The number of halogens is 1. The van der Waals surface area contributed by atoms with Crippen LogP contribution in [0.5, 0.6) is 5.75 Å². The fourth-order valence-corrected chi connectivity index (χ4v) is 2.04. The van der Waals surface area contributed by atoms with Crippen LogP contribution in [-0.2, 0) is 14.3 Å². The number of amides is 1. The molecule has 1 amide bonds. The zero-order chi connectivity index (χ0) is 19.1. The predicted octanol–water partition coefficient (Wildman–Crippen LogP) is 2.98. The number of carbonyl (C=O) groups is 3. The van der Waals surface area contributed by atoms with Crippen molar-refractivity contribution >= 4 is 23.3 Å². The maximum absolute atomic E-state index is 13.1. The van der Waals surface area contributed by atoms with E-state index in [-0.39, 0.29) is 11.5 Å². The van der Waals surface area contributed by atoms with E-state index >= 15 is 0 Å². The van der Waals surface area contributed by atoms with Gasteiger partial charge in [0.25, 0.3) is 5.91 Å². The van der Waals surface area contributed by atoms with Gasteiger partial charge in [-0.3, -0.25) is 9.59 Å². The van der Waals surface area contributed by atoms with Crippen molar-refractivity contribution < 1.29 is 28.2 Å². The lowest BCUT2D eigenvalue weighted by atomic mass is 10.1. The smallest absolute Gasteiger partial charge is 0.344 e. The molecule has 136 valence electrons. The molecule has 2 aromatic carbocycles. The summed E-state index contributed by atoms with van der Waals surface area (Å²) in [4.78, 5) is 35.1.